The average molecular weight is 266 g/mol. The number of likely N-dealkylation sites (tertiary alicyclic amines) is 1. The van der Waals surface area contributed by atoms with Gasteiger partial charge in [-0.3, -0.25) is 4.68 Å². The molecule has 1 aliphatic rings. The van der Waals surface area contributed by atoms with Crippen LogP contribution in [0.2, 0.25) is 0 Å². The van der Waals surface area contributed by atoms with Crippen molar-refractivity contribution < 1.29 is 9.90 Å². The molecule has 0 saturated carbocycles. The van der Waals surface area contributed by atoms with E-state index in [1.807, 2.05) is 19.4 Å². The lowest BCUT2D eigenvalue weighted by Crippen LogP contribution is -2.39. The molecular formula is C13H22N4O2. The molecule has 1 aliphatic heterocycles. The van der Waals surface area contributed by atoms with Crippen molar-refractivity contribution in [3.05, 3.63) is 18.0 Å². The minimum absolute atomic E-state index is 0.0119. The molecule has 2 rings (SSSR count). The predicted octanol–water partition coefficient (Wildman–Crippen LogP) is 0.377. The number of aliphatic hydroxyl groups is 1. The van der Waals surface area contributed by atoms with Gasteiger partial charge in [-0.15, -0.1) is 0 Å². The third kappa shape index (κ3) is 3.96. The number of rotatable bonds is 5. The highest BCUT2D eigenvalue weighted by Crippen LogP contribution is 2.14. The summed E-state index contributed by atoms with van der Waals surface area (Å²) in [7, 11) is 1.90. The molecule has 19 heavy (non-hydrogen) atoms. The molecule has 2 heterocycles. The van der Waals surface area contributed by atoms with Crippen LogP contribution < -0.4 is 5.32 Å². The number of hydrogen-bond acceptors (Lipinski definition) is 3. The smallest absolute Gasteiger partial charge is 0.317 e. The van der Waals surface area contributed by atoms with Crippen LogP contribution >= 0.6 is 0 Å². The van der Waals surface area contributed by atoms with Gasteiger partial charge in [0, 0.05) is 45.4 Å². The molecular weight excluding hydrogens is 244 g/mol. The van der Waals surface area contributed by atoms with Crippen LogP contribution in [0, 0.1) is 5.92 Å². The Bertz CT molecular complexity index is 419. The van der Waals surface area contributed by atoms with E-state index in [1.54, 1.807) is 9.58 Å². The summed E-state index contributed by atoms with van der Waals surface area (Å²) in [6.45, 7) is 2.27. The summed E-state index contributed by atoms with van der Waals surface area (Å²) in [5, 5.41) is 16.1. The zero-order valence-corrected chi connectivity index (χ0v) is 11.4. The zero-order chi connectivity index (χ0) is 13.7. The predicted molar refractivity (Wildman–Crippen MR) is 71.7 cm³/mol. The van der Waals surface area contributed by atoms with Crippen LogP contribution in [0.15, 0.2) is 12.4 Å². The molecule has 1 aromatic heterocycles. The summed E-state index contributed by atoms with van der Waals surface area (Å²) in [4.78, 5) is 13.6. The van der Waals surface area contributed by atoms with Gasteiger partial charge in [0.15, 0.2) is 0 Å². The molecule has 2 amide bonds. The van der Waals surface area contributed by atoms with Gasteiger partial charge < -0.3 is 15.3 Å². The van der Waals surface area contributed by atoms with E-state index >= 15 is 0 Å². The van der Waals surface area contributed by atoms with Gasteiger partial charge >= 0.3 is 6.03 Å². The molecule has 0 aliphatic carbocycles. The number of urea groups is 1. The van der Waals surface area contributed by atoms with Gasteiger partial charge in [0.2, 0.25) is 0 Å². The monoisotopic (exact) mass is 266 g/mol. The highest BCUT2D eigenvalue weighted by Gasteiger charge is 2.25. The first-order valence-corrected chi connectivity index (χ1v) is 6.80. The maximum absolute atomic E-state index is 11.8. The molecule has 0 spiro atoms. The number of carbonyl (C=O) groups excluding carboxylic acids is 1. The summed E-state index contributed by atoms with van der Waals surface area (Å²) in [6, 6.07) is -0.0119. The van der Waals surface area contributed by atoms with E-state index in [-0.39, 0.29) is 18.6 Å². The largest absolute Gasteiger partial charge is 0.396 e. The van der Waals surface area contributed by atoms with E-state index in [0.717, 1.165) is 25.8 Å². The van der Waals surface area contributed by atoms with Crippen molar-refractivity contribution in [2.24, 2.45) is 13.0 Å². The van der Waals surface area contributed by atoms with Gasteiger partial charge in [0.1, 0.15) is 0 Å². The van der Waals surface area contributed by atoms with Crippen LogP contribution in [-0.2, 0) is 13.5 Å². The quantitative estimate of drug-likeness (QED) is 0.757. The number of hydrogen-bond donors (Lipinski definition) is 2. The molecule has 106 valence electrons. The second-order valence-electron chi connectivity index (χ2n) is 5.14. The molecule has 1 saturated heterocycles. The van der Waals surface area contributed by atoms with Crippen LogP contribution in [0.4, 0.5) is 4.79 Å². The van der Waals surface area contributed by atoms with E-state index in [1.165, 1.54) is 5.56 Å². The number of carbonyl (C=O) groups is 1. The SMILES string of the molecule is Cn1cc(CCCNC(=O)N2CCC(CO)C2)cn1. The standard InChI is InChI=1S/C13H22N4O2/c1-16-8-11(7-15-16)3-2-5-14-13(19)17-6-4-12(9-17)10-18/h7-8,12,18H,2-6,9-10H2,1H3,(H,14,19). The Morgan fingerprint density at radius 2 is 2.47 bits per heavy atom. The zero-order valence-electron chi connectivity index (χ0n) is 11.4. The van der Waals surface area contributed by atoms with E-state index in [9.17, 15) is 4.79 Å². The molecule has 0 aromatic carbocycles. The number of aliphatic hydroxyl groups excluding tert-OH is 1. The Morgan fingerprint density at radius 1 is 1.63 bits per heavy atom. The summed E-state index contributed by atoms with van der Waals surface area (Å²) >= 11 is 0. The van der Waals surface area contributed by atoms with Gasteiger partial charge in [-0.25, -0.2) is 4.79 Å². The van der Waals surface area contributed by atoms with Gasteiger partial charge in [-0.05, 0) is 24.8 Å². The number of nitrogens with zero attached hydrogens (tertiary/aromatic N) is 3. The first-order valence-electron chi connectivity index (χ1n) is 6.80. The Kier molecular flexibility index (Phi) is 4.79. The lowest BCUT2D eigenvalue weighted by Gasteiger charge is -2.16. The number of nitrogens with one attached hydrogen (secondary N) is 1. The Hall–Kier alpha value is -1.56. The second kappa shape index (κ2) is 6.56. The van der Waals surface area contributed by atoms with Gasteiger partial charge in [0.05, 0.1) is 6.20 Å². The minimum atomic E-state index is -0.0119. The fourth-order valence-corrected chi connectivity index (χ4v) is 2.37. The van der Waals surface area contributed by atoms with Crippen LogP contribution in [0.1, 0.15) is 18.4 Å². The molecule has 0 radical (unpaired) electrons. The third-order valence-electron chi connectivity index (χ3n) is 3.51. The van der Waals surface area contributed by atoms with Crippen molar-refractivity contribution in [3.63, 3.8) is 0 Å². The van der Waals surface area contributed by atoms with Gasteiger partial charge in [0.25, 0.3) is 0 Å². The fourth-order valence-electron chi connectivity index (χ4n) is 2.37. The number of aromatic nitrogens is 2. The van der Waals surface area contributed by atoms with Crippen molar-refractivity contribution in [2.75, 3.05) is 26.2 Å². The molecule has 1 aromatic rings. The fraction of sp³-hybridized carbons (Fsp3) is 0.692. The summed E-state index contributed by atoms with van der Waals surface area (Å²) in [6.07, 6.45) is 6.59. The molecule has 6 nitrogen and oxygen atoms in total. The number of aryl methyl sites for hydroxylation is 2. The van der Waals surface area contributed by atoms with Gasteiger partial charge in [-0.2, -0.15) is 5.10 Å². The van der Waals surface area contributed by atoms with E-state index in [2.05, 4.69) is 10.4 Å². The van der Waals surface area contributed by atoms with Crippen molar-refractivity contribution in [3.8, 4) is 0 Å². The van der Waals surface area contributed by atoms with Gasteiger partial charge in [-0.1, -0.05) is 0 Å². The summed E-state index contributed by atoms with van der Waals surface area (Å²) < 4.78 is 1.78. The lowest BCUT2D eigenvalue weighted by molar-refractivity contribution is 0.198. The Labute approximate surface area is 113 Å². The highest BCUT2D eigenvalue weighted by atomic mass is 16.3. The van der Waals surface area contributed by atoms with E-state index < -0.39 is 0 Å². The first-order chi connectivity index (χ1) is 9.19. The molecule has 2 N–H and O–H groups in total. The Morgan fingerprint density at radius 3 is 3.11 bits per heavy atom. The summed E-state index contributed by atoms with van der Waals surface area (Å²) in [5.74, 6) is 0.251. The van der Waals surface area contributed by atoms with Crippen LogP contribution in [0.3, 0.4) is 0 Å². The van der Waals surface area contributed by atoms with Crippen molar-refractivity contribution >= 4 is 6.03 Å². The van der Waals surface area contributed by atoms with Crippen LogP contribution in [0.25, 0.3) is 0 Å². The average Bonchev–Trinajstić information content (AvgIpc) is 3.03. The maximum atomic E-state index is 11.8. The van der Waals surface area contributed by atoms with Crippen LogP contribution in [-0.4, -0.2) is 52.1 Å². The maximum Gasteiger partial charge on any atom is 0.317 e. The first kappa shape index (κ1) is 13.9. The molecule has 1 atom stereocenters. The molecule has 0 bridgehead atoms. The summed E-state index contributed by atoms with van der Waals surface area (Å²) in [5.41, 5.74) is 1.19. The van der Waals surface area contributed by atoms with Crippen LogP contribution in [0.5, 0.6) is 0 Å². The van der Waals surface area contributed by atoms with E-state index in [4.69, 9.17) is 5.11 Å². The molecule has 6 heteroatoms. The van der Waals surface area contributed by atoms with E-state index in [0.29, 0.717) is 13.1 Å². The van der Waals surface area contributed by atoms with Crippen molar-refractivity contribution in [1.29, 1.82) is 0 Å². The number of amides is 2. The third-order valence-corrected chi connectivity index (χ3v) is 3.51. The molecule has 1 unspecified atom stereocenters. The highest BCUT2D eigenvalue weighted by molar-refractivity contribution is 5.74. The normalized spacial score (nSPS) is 18.8. The topological polar surface area (TPSA) is 70.4 Å². The lowest BCUT2D eigenvalue weighted by atomic mass is 10.1. The van der Waals surface area contributed by atoms with Crippen molar-refractivity contribution in [2.45, 2.75) is 19.3 Å². The molecule has 1 fully saturated rings. The van der Waals surface area contributed by atoms with Crippen molar-refractivity contribution in [1.82, 2.24) is 20.0 Å². The Balaban J connectivity index is 1.62. The second-order valence-corrected chi connectivity index (χ2v) is 5.14. The minimum Gasteiger partial charge on any atom is -0.396 e.